The molecule has 24 heavy (non-hydrogen) atoms. The van der Waals surface area contributed by atoms with Crippen molar-refractivity contribution in [2.24, 2.45) is 0 Å². The summed E-state index contributed by atoms with van der Waals surface area (Å²) in [7, 11) is 0. The zero-order valence-electron chi connectivity index (χ0n) is 13.6. The number of aliphatic hydroxyl groups excluding tert-OH is 1. The number of benzene rings is 2. The predicted molar refractivity (Wildman–Crippen MR) is 94.2 cm³/mol. The van der Waals surface area contributed by atoms with Crippen LogP contribution in [0.3, 0.4) is 0 Å². The summed E-state index contributed by atoms with van der Waals surface area (Å²) in [5.74, 6) is 0.869. The minimum atomic E-state index is 0.127. The van der Waals surface area contributed by atoms with Gasteiger partial charge in [0.05, 0.1) is 13.2 Å². The van der Waals surface area contributed by atoms with E-state index in [0.717, 1.165) is 29.8 Å². The lowest BCUT2D eigenvalue weighted by atomic mass is 10.1. The highest BCUT2D eigenvalue weighted by atomic mass is 35.5. The van der Waals surface area contributed by atoms with E-state index in [4.69, 9.17) is 21.1 Å². The molecule has 0 saturated heterocycles. The molecule has 1 N–H and O–H groups in total. The van der Waals surface area contributed by atoms with Crippen molar-refractivity contribution in [1.82, 2.24) is 4.90 Å². The molecule has 0 atom stereocenters. The van der Waals surface area contributed by atoms with Crippen LogP contribution in [0.1, 0.15) is 16.7 Å². The average Bonchev–Trinajstić information content (AvgIpc) is 2.60. The largest absolute Gasteiger partial charge is 0.467 e. The second kappa shape index (κ2) is 8.49. The normalized spacial score (nSPS) is 13.6. The lowest BCUT2D eigenvalue weighted by Gasteiger charge is -2.26. The third kappa shape index (κ3) is 4.48. The van der Waals surface area contributed by atoms with Gasteiger partial charge in [0.2, 0.25) is 0 Å². The summed E-state index contributed by atoms with van der Waals surface area (Å²) in [4.78, 5) is 2.22. The second-order valence-electron chi connectivity index (χ2n) is 5.90. The number of hydrogen-bond acceptors (Lipinski definition) is 4. The number of ether oxygens (including phenoxy) is 2. The molecule has 0 spiro atoms. The first-order valence-electron chi connectivity index (χ1n) is 8.15. The van der Waals surface area contributed by atoms with Crippen LogP contribution in [0.2, 0.25) is 5.02 Å². The maximum absolute atomic E-state index is 9.39. The maximum Gasteiger partial charge on any atom is 0.189 e. The molecular formula is C19H22ClNO3. The quantitative estimate of drug-likeness (QED) is 0.835. The monoisotopic (exact) mass is 347 g/mol. The summed E-state index contributed by atoms with van der Waals surface area (Å²) in [6.07, 6.45) is 0.938. The van der Waals surface area contributed by atoms with Gasteiger partial charge in [-0.2, -0.15) is 0 Å². The molecule has 0 aromatic heterocycles. The fourth-order valence-corrected chi connectivity index (χ4v) is 3.22. The number of nitrogens with zero attached hydrogens (tertiary/aromatic N) is 1. The van der Waals surface area contributed by atoms with E-state index >= 15 is 0 Å². The smallest absolute Gasteiger partial charge is 0.189 e. The molecule has 0 unspecified atom stereocenters. The first-order chi connectivity index (χ1) is 11.8. The predicted octanol–water partition coefficient (Wildman–Crippen LogP) is 3.24. The van der Waals surface area contributed by atoms with Crippen molar-refractivity contribution in [1.29, 1.82) is 0 Å². The highest BCUT2D eigenvalue weighted by Gasteiger charge is 2.18. The van der Waals surface area contributed by atoms with E-state index < -0.39 is 0 Å². The molecule has 0 bridgehead atoms. The number of rotatable bonds is 7. The minimum absolute atomic E-state index is 0.127. The van der Waals surface area contributed by atoms with Gasteiger partial charge in [0.25, 0.3) is 0 Å². The molecule has 0 amide bonds. The van der Waals surface area contributed by atoms with Crippen LogP contribution in [-0.2, 0) is 24.3 Å². The highest BCUT2D eigenvalue weighted by molar-refractivity contribution is 6.30. The van der Waals surface area contributed by atoms with Gasteiger partial charge in [-0.25, -0.2) is 0 Å². The Hall–Kier alpha value is -1.59. The third-order valence-electron chi connectivity index (χ3n) is 4.12. The Bertz CT molecular complexity index is 663. The van der Waals surface area contributed by atoms with Crippen LogP contribution < -0.4 is 4.74 Å². The topological polar surface area (TPSA) is 41.9 Å². The van der Waals surface area contributed by atoms with E-state index in [1.807, 2.05) is 30.3 Å². The number of fused-ring (bicyclic) bond motifs is 1. The molecule has 128 valence electrons. The molecule has 1 heterocycles. The summed E-state index contributed by atoms with van der Waals surface area (Å²) < 4.78 is 11.0. The van der Waals surface area contributed by atoms with Gasteiger partial charge in [-0.3, -0.25) is 4.90 Å². The summed E-state index contributed by atoms with van der Waals surface area (Å²) in [6, 6.07) is 14.2. The Morgan fingerprint density at radius 3 is 2.75 bits per heavy atom. The van der Waals surface area contributed by atoms with Crippen molar-refractivity contribution in [2.45, 2.75) is 19.6 Å². The molecule has 1 aliphatic heterocycles. The molecular weight excluding hydrogens is 326 g/mol. The van der Waals surface area contributed by atoms with E-state index in [2.05, 4.69) is 17.0 Å². The van der Waals surface area contributed by atoms with Crippen molar-refractivity contribution in [3.05, 3.63) is 64.2 Å². The first-order valence-corrected chi connectivity index (χ1v) is 8.53. The SMILES string of the molecule is OCCN(CCc1ccccc1)Cc1cc(Cl)cc2c1OCOC2. The van der Waals surface area contributed by atoms with Gasteiger partial charge in [-0.1, -0.05) is 41.9 Å². The lowest BCUT2D eigenvalue weighted by Crippen LogP contribution is -2.29. The summed E-state index contributed by atoms with van der Waals surface area (Å²) >= 11 is 6.24. The van der Waals surface area contributed by atoms with Crippen LogP contribution in [0.5, 0.6) is 5.75 Å². The molecule has 5 heteroatoms. The molecule has 2 aromatic carbocycles. The van der Waals surface area contributed by atoms with Gasteiger partial charge in [-0.15, -0.1) is 0 Å². The van der Waals surface area contributed by atoms with Gasteiger partial charge in [0.15, 0.2) is 6.79 Å². The van der Waals surface area contributed by atoms with Crippen molar-refractivity contribution >= 4 is 11.6 Å². The summed E-state index contributed by atoms with van der Waals surface area (Å²) in [5, 5.41) is 10.1. The molecule has 0 aliphatic carbocycles. The highest BCUT2D eigenvalue weighted by Crippen LogP contribution is 2.32. The standard InChI is InChI=1S/C19H22ClNO3/c20-18-10-16(19-17(11-18)13-23-14-24-19)12-21(8-9-22)7-6-15-4-2-1-3-5-15/h1-5,10-11,22H,6-9,12-14H2. The van der Waals surface area contributed by atoms with Crippen LogP contribution in [0.15, 0.2) is 42.5 Å². The molecule has 0 radical (unpaired) electrons. The molecule has 4 nitrogen and oxygen atoms in total. The Kier molecular flexibility index (Phi) is 6.10. The third-order valence-corrected chi connectivity index (χ3v) is 4.34. The Labute approximate surface area is 147 Å². The van der Waals surface area contributed by atoms with Crippen molar-refractivity contribution in [3.63, 3.8) is 0 Å². The van der Waals surface area contributed by atoms with Gasteiger partial charge >= 0.3 is 0 Å². The minimum Gasteiger partial charge on any atom is -0.467 e. The Morgan fingerprint density at radius 2 is 1.96 bits per heavy atom. The maximum atomic E-state index is 9.39. The van der Waals surface area contributed by atoms with Crippen molar-refractivity contribution in [3.8, 4) is 5.75 Å². The van der Waals surface area contributed by atoms with E-state index in [1.54, 1.807) is 0 Å². The van der Waals surface area contributed by atoms with E-state index in [-0.39, 0.29) is 13.4 Å². The Morgan fingerprint density at radius 1 is 1.12 bits per heavy atom. The van der Waals surface area contributed by atoms with Crippen molar-refractivity contribution < 1.29 is 14.6 Å². The van der Waals surface area contributed by atoms with Crippen LogP contribution in [0.4, 0.5) is 0 Å². The number of hydrogen-bond donors (Lipinski definition) is 1. The van der Waals surface area contributed by atoms with Gasteiger partial charge in [0, 0.05) is 35.8 Å². The van der Waals surface area contributed by atoms with E-state index in [9.17, 15) is 5.11 Å². The van der Waals surface area contributed by atoms with Crippen LogP contribution in [0.25, 0.3) is 0 Å². The number of aliphatic hydroxyl groups is 1. The fraction of sp³-hybridized carbons (Fsp3) is 0.368. The molecule has 2 aromatic rings. The zero-order chi connectivity index (χ0) is 16.8. The van der Waals surface area contributed by atoms with Gasteiger partial charge in [0.1, 0.15) is 5.75 Å². The second-order valence-corrected chi connectivity index (χ2v) is 6.34. The van der Waals surface area contributed by atoms with Gasteiger partial charge < -0.3 is 14.6 Å². The average molecular weight is 348 g/mol. The molecule has 0 fully saturated rings. The molecule has 0 saturated carbocycles. The molecule has 1 aliphatic rings. The summed E-state index contributed by atoms with van der Waals surface area (Å²) in [6.45, 7) is 3.09. The molecule has 3 rings (SSSR count). The van der Waals surface area contributed by atoms with Crippen LogP contribution >= 0.6 is 11.6 Å². The van der Waals surface area contributed by atoms with E-state index in [0.29, 0.717) is 24.7 Å². The number of halogens is 1. The van der Waals surface area contributed by atoms with Crippen molar-refractivity contribution in [2.75, 3.05) is 26.5 Å². The summed E-state index contributed by atoms with van der Waals surface area (Å²) in [5.41, 5.74) is 3.32. The fourth-order valence-electron chi connectivity index (χ4n) is 2.96. The lowest BCUT2D eigenvalue weighted by molar-refractivity contribution is -0.0175. The first kappa shape index (κ1) is 17.2. The zero-order valence-corrected chi connectivity index (χ0v) is 14.3. The van der Waals surface area contributed by atoms with Crippen LogP contribution in [0, 0.1) is 0 Å². The van der Waals surface area contributed by atoms with Crippen LogP contribution in [-0.4, -0.2) is 36.5 Å². The van der Waals surface area contributed by atoms with Gasteiger partial charge in [-0.05, 0) is 24.1 Å². The Balaban J connectivity index is 1.72. The van der Waals surface area contributed by atoms with E-state index in [1.165, 1.54) is 5.56 Å².